The molecule has 1 heterocycles. The molecule has 0 aliphatic rings. The SMILES string of the molecule is CC(C)(C)C(=O)C(Oc1ccc(O)cc1)n1ccnc1. The van der Waals surface area contributed by atoms with Crippen LogP contribution in [0.25, 0.3) is 0 Å². The number of Topliss-reactive ketones (excluding diaryl/α,β-unsaturated/α-hetero) is 1. The normalized spacial score (nSPS) is 12.9. The highest BCUT2D eigenvalue weighted by Crippen LogP contribution is 2.27. The number of hydrogen-bond acceptors (Lipinski definition) is 4. The van der Waals surface area contributed by atoms with Crippen LogP contribution in [0.4, 0.5) is 0 Å². The fraction of sp³-hybridized carbons (Fsp3) is 0.333. The Kier molecular flexibility index (Phi) is 3.79. The summed E-state index contributed by atoms with van der Waals surface area (Å²) in [7, 11) is 0. The van der Waals surface area contributed by atoms with Crippen molar-refractivity contribution in [2.24, 2.45) is 5.41 Å². The van der Waals surface area contributed by atoms with Crippen LogP contribution in [0.15, 0.2) is 43.0 Å². The van der Waals surface area contributed by atoms with Gasteiger partial charge in [0.15, 0.2) is 5.78 Å². The van der Waals surface area contributed by atoms with Crippen LogP contribution >= 0.6 is 0 Å². The van der Waals surface area contributed by atoms with Crippen molar-refractivity contribution in [1.82, 2.24) is 9.55 Å². The van der Waals surface area contributed by atoms with E-state index in [1.54, 1.807) is 35.4 Å². The number of ether oxygens (including phenoxy) is 1. The Morgan fingerprint density at radius 1 is 1.30 bits per heavy atom. The van der Waals surface area contributed by atoms with E-state index in [1.165, 1.54) is 12.1 Å². The van der Waals surface area contributed by atoms with Crippen molar-refractivity contribution in [2.45, 2.75) is 27.0 Å². The fourth-order valence-corrected chi connectivity index (χ4v) is 1.68. The topological polar surface area (TPSA) is 64.3 Å². The molecule has 0 saturated heterocycles. The predicted octanol–water partition coefficient (Wildman–Crippen LogP) is 2.78. The van der Waals surface area contributed by atoms with E-state index in [0.717, 1.165) is 0 Å². The lowest BCUT2D eigenvalue weighted by Crippen LogP contribution is -2.33. The molecule has 1 aromatic heterocycles. The molecule has 5 nitrogen and oxygen atoms in total. The minimum Gasteiger partial charge on any atom is -0.508 e. The summed E-state index contributed by atoms with van der Waals surface area (Å²) in [6.45, 7) is 5.54. The summed E-state index contributed by atoms with van der Waals surface area (Å²) in [5.74, 6) is 0.612. The van der Waals surface area contributed by atoms with E-state index in [9.17, 15) is 9.90 Å². The van der Waals surface area contributed by atoms with Crippen LogP contribution in [0.3, 0.4) is 0 Å². The van der Waals surface area contributed by atoms with Gasteiger partial charge in [0.25, 0.3) is 0 Å². The monoisotopic (exact) mass is 274 g/mol. The number of benzene rings is 1. The first-order valence-corrected chi connectivity index (χ1v) is 6.35. The zero-order valence-corrected chi connectivity index (χ0v) is 11.8. The van der Waals surface area contributed by atoms with Crippen LogP contribution in [0.5, 0.6) is 11.5 Å². The minimum absolute atomic E-state index is 0.0522. The van der Waals surface area contributed by atoms with Gasteiger partial charge in [0, 0.05) is 17.8 Å². The second-order valence-electron chi connectivity index (χ2n) is 5.59. The number of carbonyl (C=O) groups excluding carboxylic acids is 1. The number of nitrogens with zero attached hydrogens (tertiary/aromatic N) is 2. The molecule has 1 atom stereocenters. The van der Waals surface area contributed by atoms with Gasteiger partial charge in [-0.3, -0.25) is 9.36 Å². The smallest absolute Gasteiger partial charge is 0.236 e. The van der Waals surface area contributed by atoms with E-state index in [0.29, 0.717) is 5.75 Å². The number of hydrogen-bond donors (Lipinski definition) is 1. The number of aromatic hydroxyl groups is 1. The Morgan fingerprint density at radius 3 is 2.45 bits per heavy atom. The summed E-state index contributed by atoms with van der Waals surface area (Å²) >= 11 is 0. The van der Waals surface area contributed by atoms with Gasteiger partial charge in [-0.05, 0) is 24.3 Å². The van der Waals surface area contributed by atoms with Crippen LogP contribution in [-0.4, -0.2) is 20.4 Å². The number of ketones is 1. The quantitative estimate of drug-likeness (QED) is 0.931. The Morgan fingerprint density at radius 2 is 1.95 bits per heavy atom. The van der Waals surface area contributed by atoms with Gasteiger partial charge in [-0.25, -0.2) is 4.98 Å². The molecule has 2 rings (SSSR count). The molecule has 0 amide bonds. The lowest BCUT2D eigenvalue weighted by Gasteiger charge is -2.26. The molecule has 1 N–H and O–H groups in total. The lowest BCUT2D eigenvalue weighted by molar-refractivity contribution is -0.137. The molecule has 0 radical (unpaired) electrons. The minimum atomic E-state index is -0.776. The van der Waals surface area contributed by atoms with Crippen molar-refractivity contribution in [1.29, 1.82) is 0 Å². The largest absolute Gasteiger partial charge is 0.508 e. The van der Waals surface area contributed by atoms with Gasteiger partial charge < -0.3 is 9.84 Å². The molecule has 0 bridgehead atoms. The summed E-state index contributed by atoms with van der Waals surface area (Å²) in [6.07, 6.45) is 4.06. The Balaban J connectivity index is 2.28. The highest BCUT2D eigenvalue weighted by atomic mass is 16.5. The molecule has 2 aromatic rings. The molecule has 0 saturated carbocycles. The number of imidazole rings is 1. The predicted molar refractivity (Wildman–Crippen MR) is 74.5 cm³/mol. The van der Waals surface area contributed by atoms with Crippen molar-refractivity contribution in [2.75, 3.05) is 0 Å². The van der Waals surface area contributed by atoms with Crippen LogP contribution in [0.1, 0.15) is 27.0 Å². The second kappa shape index (κ2) is 5.36. The van der Waals surface area contributed by atoms with Crippen LogP contribution in [-0.2, 0) is 4.79 Å². The molecule has 0 aliphatic carbocycles. The third kappa shape index (κ3) is 3.17. The van der Waals surface area contributed by atoms with Gasteiger partial charge in [-0.1, -0.05) is 20.8 Å². The Labute approximate surface area is 117 Å². The van der Waals surface area contributed by atoms with E-state index in [1.807, 2.05) is 20.8 Å². The van der Waals surface area contributed by atoms with Crippen molar-refractivity contribution < 1.29 is 14.6 Å². The standard InChI is InChI=1S/C15H18N2O3/c1-15(2,3)13(19)14(17-9-8-16-10-17)20-12-6-4-11(18)5-7-12/h4-10,14,18H,1-3H3. The van der Waals surface area contributed by atoms with Gasteiger partial charge in [0.05, 0.1) is 6.33 Å². The number of phenols is 1. The second-order valence-corrected chi connectivity index (χ2v) is 5.59. The maximum Gasteiger partial charge on any atom is 0.236 e. The first kappa shape index (κ1) is 14.1. The van der Waals surface area contributed by atoms with Gasteiger partial charge >= 0.3 is 0 Å². The van der Waals surface area contributed by atoms with E-state index in [-0.39, 0.29) is 11.5 Å². The fourth-order valence-electron chi connectivity index (χ4n) is 1.68. The summed E-state index contributed by atoms with van der Waals surface area (Å²) in [5, 5.41) is 9.28. The summed E-state index contributed by atoms with van der Waals surface area (Å²) < 4.78 is 7.39. The molecule has 1 unspecified atom stereocenters. The number of rotatable bonds is 4. The van der Waals surface area contributed by atoms with Gasteiger partial charge in [0.1, 0.15) is 11.5 Å². The average molecular weight is 274 g/mol. The van der Waals surface area contributed by atoms with Crippen molar-refractivity contribution in [3.8, 4) is 11.5 Å². The van der Waals surface area contributed by atoms with Crippen LogP contribution in [0.2, 0.25) is 0 Å². The molecule has 106 valence electrons. The Bertz CT molecular complexity index is 568. The third-order valence-electron chi connectivity index (χ3n) is 2.84. The first-order chi connectivity index (χ1) is 9.38. The number of carbonyl (C=O) groups is 1. The zero-order valence-electron chi connectivity index (χ0n) is 11.8. The highest BCUT2D eigenvalue weighted by Gasteiger charge is 2.32. The molecule has 0 aliphatic heterocycles. The van der Waals surface area contributed by atoms with E-state index in [2.05, 4.69) is 4.98 Å². The summed E-state index contributed by atoms with van der Waals surface area (Å²) in [5.41, 5.74) is -0.536. The van der Waals surface area contributed by atoms with Crippen molar-refractivity contribution in [3.63, 3.8) is 0 Å². The van der Waals surface area contributed by atoms with Gasteiger partial charge in [0.2, 0.25) is 6.23 Å². The van der Waals surface area contributed by atoms with Crippen molar-refractivity contribution in [3.05, 3.63) is 43.0 Å². The average Bonchev–Trinajstić information content (AvgIpc) is 2.90. The lowest BCUT2D eigenvalue weighted by atomic mass is 9.89. The molecule has 0 spiro atoms. The number of phenolic OH excluding ortho intramolecular Hbond substituents is 1. The van der Waals surface area contributed by atoms with Crippen molar-refractivity contribution >= 4 is 5.78 Å². The van der Waals surface area contributed by atoms with Crippen LogP contribution < -0.4 is 4.74 Å². The third-order valence-corrected chi connectivity index (χ3v) is 2.84. The highest BCUT2D eigenvalue weighted by molar-refractivity contribution is 5.86. The summed E-state index contributed by atoms with van der Waals surface area (Å²) in [4.78, 5) is 16.5. The van der Waals surface area contributed by atoms with E-state index >= 15 is 0 Å². The molecular formula is C15H18N2O3. The Hall–Kier alpha value is -2.30. The van der Waals surface area contributed by atoms with E-state index in [4.69, 9.17) is 4.74 Å². The molecular weight excluding hydrogens is 256 g/mol. The molecule has 0 fully saturated rings. The van der Waals surface area contributed by atoms with Gasteiger partial charge in [-0.2, -0.15) is 0 Å². The zero-order chi connectivity index (χ0) is 14.8. The molecule has 20 heavy (non-hydrogen) atoms. The maximum atomic E-state index is 12.5. The molecule has 5 heteroatoms. The maximum absolute atomic E-state index is 12.5. The number of aromatic nitrogens is 2. The molecule has 1 aromatic carbocycles. The van der Waals surface area contributed by atoms with Gasteiger partial charge in [-0.15, -0.1) is 0 Å². The van der Waals surface area contributed by atoms with E-state index < -0.39 is 11.6 Å². The first-order valence-electron chi connectivity index (χ1n) is 6.35. The summed E-state index contributed by atoms with van der Waals surface area (Å²) in [6, 6.07) is 6.27. The van der Waals surface area contributed by atoms with Crippen LogP contribution in [0, 0.1) is 5.41 Å².